The van der Waals surface area contributed by atoms with Crippen LogP contribution in [0.5, 0.6) is 0 Å². The largest absolute Gasteiger partial charge is 0.481 e. The number of aryl methyl sites for hydroxylation is 3. The monoisotopic (exact) mass is 245 g/mol. The summed E-state index contributed by atoms with van der Waals surface area (Å²) in [5.41, 5.74) is 2.50. The van der Waals surface area contributed by atoms with Crippen LogP contribution in [-0.2, 0) is 24.1 Å². The van der Waals surface area contributed by atoms with E-state index in [1.807, 2.05) is 12.1 Å². The van der Waals surface area contributed by atoms with E-state index in [1.165, 1.54) is 17.3 Å². The van der Waals surface area contributed by atoms with E-state index in [-0.39, 0.29) is 6.42 Å². The number of hydrogen-bond acceptors (Lipinski definition) is 3. The average molecular weight is 245 g/mol. The Kier molecular flexibility index (Phi) is 3.77. The van der Waals surface area contributed by atoms with E-state index in [9.17, 15) is 4.79 Å². The van der Waals surface area contributed by atoms with Crippen molar-refractivity contribution >= 4 is 5.97 Å². The third-order valence-electron chi connectivity index (χ3n) is 2.80. The van der Waals surface area contributed by atoms with Gasteiger partial charge in [0.15, 0.2) is 5.89 Å². The Labute approximate surface area is 105 Å². The molecule has 2 rings (SSSR count). The van der Waals surface area contributed by atoms with Crippen LogP contribution in [0.1, 0.15) is 22.8 Å². The summed E-state index contributed by atoms with van der Waals surface area (Å²) in [6, 6.07) is 8.17. The van der Waals surface area contributed by atoms with Crippen LogP contribution in [0.25, 0.3) is 0 Å². The zero-order valence-electron chi connectivity index (χ0n) is 10.2. The van der Waals surface area contributed by atoms with Crippen molar-refractivity contribution in [3.05, 3.63) is 53.2 Å². The summed E-state index contributed by atoms with van der Waals surface area (Å²) in [6.07, 6.45) is 2.91. The number of hydrogen-bond donors (Lipinski definition) is 1. The Morgan fingerprint density at radius 3 is 2.83 bits per heavy atom. The van der Waals surface area contributed by atoms with Crippen molar-refractivity contribution in [3.8, 4) is 0 Å². The fourth-order valence-electron chi connectivity index (χ4n) is 1.83. The Morgan fingerprint density at radius 2 is 2.11 bits per heavy atom. The normalized spacial score (nSPS) is 10.5. The van der Waals surface area contributed by atoms with Crippen molar-refractivity contribution in [1.82, 2.24) is 4.98 Å². The van der Waals surface area contributed by atoms with Gasteiger partial charge in [0.2, 0.25) is 0 Å². The quantitative estimate of drug-likeness (QED) is 0.878. The van der Waals surface area contributed by atoms with E-state index in [0.717, 1.165) is 6.42 Å². The number of rotatable bonds is 5. The molecule has 0 saturated heterocycles. The first-order valence-electron chi connectivity index (χ1n) is 5.85. The van der Waals surface area contributed by atoms with Gasteiger partial charge in [-0.05, 0) is 24.5 Å². The van der Waals surface area contributed by atoms with E-state index in [2.05, 4.69) is 24.0 Å². The first-order valence-corrected chi connectivity index (χ1v) is 5.85. The molecular formula is C14H15NO3. The zero-order chi connectivity index (χ0) is 13.0. The highest BCUT2D eigenvalue weighted by Crippen LogP contribution is 2.12. The summed E-state index contributed by atoms with van der Waals surface area (Å²) in [5, 5.41) is 8.63. The number of carboxylic acids is 1. The Balaban J connectivity index is 1.96. The first-order chi connectivity index (χ1) is 8.65. The fourth-order valence-corrected chi connectivity index (χ4v) is 1.83. The molecule has 1 aromatic carbocycles. The molecule has 0 radical (unpaired) electrons. The molecule has 94 valence electrons. The van der Waals surface area contributed by atoms with Crippen LogP contribution in [0.2, 0.25) is 0 Å². The maximum absolute atomic E-state index is 10.5. The summed E-state index contributed by atoms with van der Waals surface area (Å²) in [5.74, 6) is 0.0911. The van der Waals surface area contributed by atoms with Crippen molar-refractivity contribution in [2.45, 2.75) is 26.2 Å². The van der Waals surface area contributed by atoms with Crippen LogP contribution in [0.4, 0.5) is 0 Å². The highest BCUT2D eigenvalue weighted by Gasteiger charge is 2.08. The first kappa shape index (κ1) is 12.4. The van der Waals surface area contributed by atoms with Gasteiger partial charge in [0.25, 0.3) is 0 Å². The molecule has 18 heavy (non-hydrogen) atoms. The summed E-state index contributed by atoms with van der Waals surface area (Å²) >= 11 is 0. The smallest absolute Gasteiger partial charge is 0.311 e. The summed E-state index contributed by atoms with van der Waals surface area (Å²) < 4.78 is 5.36. The van der Waals surface area contributed by atoms with E-state index in [4.69, 9.17) is 9.52 Å². The molecule has 2 aromatic rings. The van der Waals surface area contributed by atoms with Gasteiger partial charge >= 0.3 is 5.97 Å². The molecule has 0 amide bonds. The topological polar surface area (TPSA) is 63.3 Å². The Hall–Kier alpha value is -2.10. The van der Waals surface area contributed by atoms with Crippen LogP contribution >= 0.6 is 0 Å². The molecule has 0 unspecified atom stereocenters. The third kappa shape index (κ3) is 3.20. The van der Waals surface area contributed by atoms with E-state index < -0.39 is 5.97 Å². The van der Waals surface area contributed by atoms with E-state index in [1.54, 1.807) is 0 Å². The molecule has 0 saturated carbocycles. The van der Waals surface area contributed by atoms with Gasteiger partial charge in [-0.15, -0.1) is 0 Å². The van der Waals surface area contributed by atoms with Crippen molar-refractivity contribution in [2.75, 3.05) is 0 Å². The lowest BCUT2D eigenvalue weighted by atomic mass is 10.0. The minimum atomic E-state index is -0.906. The van der Waals surface area contributed by atoms with Crippen LogP contribution < -0.4 is 0 Å². The molecule has 0 aliphatic heterocycles. The number of carboxylic acid groups (broad SMARTS) is 1. The second-order valence-electron chi connectivity index (χ2n) is 4.22. The maximum Gasteiger partial charge on any atom is 0.311 e. The average Bonchev–Trinajstić information content (AvgIpc) is 2.75. The van der Waals surface area contributed by atoms with Crippen LogP contribution in [-0.4, -0.2) is 16.1 Å². The summed E-state index contributed by atoms with van der Waals surface area (Å²) in [6.45, 7) is 2.07. The van der Waals surface area contributed by atoms with Gasteiger partial charge < -0.3 is 9.52 Å². The predicted octanol–water partition coefficient (Wildman–Crippen LogP) is 2.40. The second kappa shape index (κ2) is 5.49. The highest BCUT2D eigenvalue weighted by molar-refractivity contribution is 5.69. The molecule has 1 heterocycles. The number of oxazole rings is 1. The Morgan fingerprint density at radius 1 is 1.33 bits per heavy atom. The molecule has 0 aliphatic rings. The van der Waals surface area contributed by atoms with Gasteiger partial charge in [-0.1, -0.05) is 24.3 Å². The van der Waals surface area contributed by atoms with Gasteiger partial charge in [0.05, 0.1) is 6.20 Å². The SMILES string of the molecule is Cc1ccccc1CCc1ncc(CC(=O)O)o1. The van der Waals surface area contributed by atoms with Gasteiger partial charge in [-0.2, -0.15) is 0 Å². The molecule has 0 spiro atoms. The second-order valence-corrected chi connectivity index (χ2v) is 4.22. The highest BCUT2D eigenvalue weighted by atomic mass is 16.4. The maximum atomic E-state index is 10.5. The van der Waals surface area contributed by atoms with Crippen molar-refractivity contribution in [3.63, 3.8) is 0 Å². The lowest BCUT2D eigenvalue weighted by molar-refractivity contribution is -0.136. The summed E-state index contributed by atoms with van der Waals surface area (Å²) in [7, 11) is 0. The Bertz CT molecular complexity index is 545. The fraction of sp³-hybridized carbons (Fsp3) is 0.286. The molecule has 0 aliphatic carbocycles. The summed E-state index contributed by atoms with van der Waals surface area (Å²) in [4.78, 5) is 14.6. The lowest BCUT2D eigenvalue weighted by Crippen LogP contribution is -1.98. The molecule has 1 aromatic heterocycles. The van der Waals surface area contributed by atoms with Crippen molar-refractivity contribution in [1.29, 1.82) is 0 Å². The minimum Gasteiger partial charge on any atom is -0.481 e. The molecule has 0 bridgehead atoms. The van der Waals surface area contributed by atoms with Gasteiger partial charge in [-0.25, -0.2) is 4.98 Å². The predicted molar refractivity (Wildman–Crippen MR) is 66.4 cm³/mol. The molecule has 4 heteroatoms. The van der Waals surface area contributed by atoms with Crippen LogP contribution in [0, 0.1) is 6.92 Å². The lowest BCUT2D eigenvalue weighted by Gasteiger charge is -2.02. The van der Waals surface area contributed by atoms with Crippen molar-refractivity contribution < 1.29 is 14.3 Å². The standard InChI is InChI=1S/C14H15NO3/c1-10-4-2-3-5-11(10)6-7-13-15-9-12(18-13)8-14(16)17/h2-5,9H,6-8H2,1H3,(H,16,17). The van der Waals surface area contributed by atoms with E-state index in [0.29, 0.717) is 18.1 Å². The van der Waals surface area contributed by atoms with Gasteiger partial charge in [-0.3, -0.25) is 4.79 Å². The number of aromatic nitrogens is 1. The molecule has 0 atom stereocenters. The minimum absolute atomic E-state index is 0.114. The molecule has 1 N–H and O–H groups in total. The van der Waals surface area contributed by atoms with E-state index >= 15 is 0 Å². The van der Waals surface area contributed by atoms with Gasteiger partial charge in [0, 0.05) is 6.42 Å². The number of carbonyl (C=O) groups is 1. The van der Waals surface area contributed by atoms with Crippen molar-refractivity contribution in [2.24, 2.45) is 0 Å². The van der Waals surface area contributed by atoms with Crippen LogP contribution in [0.15, 0.2) is 34.9 Å². The molecule has 0 fully saturated rings. The van der Waals surface area contributed by atoms with Crippen LogP contribution in [0.3, 0.4) is 0 Å². The third-order valence-corrected chi connectivity index (χ3v) is 2.80. The van der Waals surface area contributed by atoms with Gasteiger partial charge in [0.1, 0.15) is 12.2 Å². The zero-order valence-corrected chi connectivity index (χ0v) is 10.2. The number of aliphatic carboxylic acids is 1. The number of benzene rings is 1. The molecule has 4 nitrogen and oxygen atoms in total. The number of nitrogens with zero attached hydrogens (tertiary/aromatic N) is 1. The molecular weight excluding hydrogens is 230 g/mol.